The normalized spacial score (nSPS) is 11.4. The molecule has 0 unspecified atom stereocenters. The third-order valence-electron chi connectivity index (χ3n) is 2.02. The largest absolute Gasteiger partial charge is 0.465 e. The molecule has 1 aromatic rings. The first-order valence-electron chi connectivity index (χ1n) is 4.23. The third kappa shape index (κ3) is 2.55. The summed E-state index contributed by atoms with van der Waals surface area (Å²) in [5.74, 6) is -0.782. The van der Waals surface area contributed by atoms with Crippen LogP contribution in [0.25, 0.3) is 0 Å². The molecule has 16 heavy (non-hydrogen) atoms. The molecular formula is C10H8BrF3O2. The molecule has 6 heteroatoms. The number of carbonyl (C=O) groups excluding carboxylic acids is 1. The number of hydrogen-bond acceptors (Lipinski definition) is 2. The van der Waals surface area contributed by atoms with E-state index in [9.17, 15) is 18.0 Å². The Kier molecular flexibility index (Phi) is 3.62. The third-order valence-corrected chi connectivity index (χ3v) is 2.68. The molecule has 0 aromatic heterocycles. The van der Waals surface area contributed by atoms with Crippen LogP contribution in [0.3, 0.4) is 0 Å². The van der Waals surface area contributed by atoms with Gasteiger partial charge in [0.15, 0.2) is 0 Å². The first-order valence-corrected chi connectivity index (χ1v) is 5.02. The number of hydrogen-bond donors (Lipinski definition) is 0. The highest BCUT2D eigenvalue weighted by Gasteiger charge is 2.34. The molecule has 0 aliphatic rings. The average Bonchev–Trinajstić information content (AvgIpc) is 2.14. The minimum atomic E-state index is -4.50. The van der Waals surface area contributed by atoms with Crippen molar-refractivity contribution in [1.82, 2.24) is 0 Å². The predicted octanol–water partition coefficient (Wildman–Crippen LogP) is 3.56. The van der Waals surface area contributed by atoms with Crippen LogP contribution in [0.5, 0.6) is 0 Å². The Bertz CT molecular complexity index is 427. The lowest BCUT2D eigenvalue weighted by Crippen LogP contribution is -2.11. The Hall–Kier alpha value is -1.04. The van der Waals surface area contributed by atoms with E-state index in [1.165, 1.54) is 13.0 Å². The molecule has 0 aliphatic heterocycles. The minimum Gasteiger partial charge on any atom is -0.465 e. The number of alkyl halides is 3. The van der Waals surface area contributed by atoms with Crippen LogP contribution in [0.2, 0.25) is 0 Å². The monoisotopic (exact) mass is 296 g/mol. The summed E-state index contributed by atoms with van der Waals surface area (Å²) in [6.45, 7) is 1.54. The van der Waals surface area contributed by atoms with E-state index in [1.807, 2.05) is 0 Å². The second-order valence-corrected chi connectivity index (χ2v) is 3.99. The highest BCUT2D eigenvalue weighted by molar-refractivity contribution is 9.10. The average molecular weight is 297 g/mol. The zero-order valence-electron chi connectivity index (χ0n) is 8.48. The van der Waals surface area contributed by atoms with Gasteiger partial charge in [-0.25, -0.2) is 4.79 Å². The molecule has 0 atom stereocenters. The molecule has 0 spiro atoms. The molecule has 0 heterocycles. The lowest BCUT2D eigenvalue weighted by molar-refractivity contribution is -0.138. The standard InChI is InChI=1S/C10H8BrF3O2/c1-5-3-8(11)7(10(12,13)14)4-6(5)9(15)16-2/h3-4H,1-2H3. The highest BCUT2D eigenvalue weighted by Crippen LogP contribution is 2.36. The van der Waals surface area contributed by atoms with Gasteiger partial charge in [-0.05, 0) is 24.6 Å². The van der Waals surface area contributed by atoms with E-state index in [0.717, 1.165) is 13.2 Å². The van der Waals surface area contributed by atoms with Gasteiger partial charge < -0.3 is 4.74 Å². The second-order valence-electron chi connectivity index (χ2n) is 3.14. The van der Waals surface area contributed by atoms with Crippen LogP contribution >= 0.6 is 15.9 Å². The van der Waals surface area contributed by atoms with E-state index >= 15 is 0 Å². The maximum atomic E-state index is 12.5. The number of esters is 1. The lowest BCUT2D eigenvalue weighted by Gasteiger charge is -2.12. The van der Waals surface area contributed by atoms with E-state index in [-0.39, 0.29) is 10.0 Å². The Morgan fingerprint density at radius 1 is 1.38 bits per heavy atom. The van der Waals surface area contributed by atoms with Crippen molar-refractivity contribution in [2.24, 2.45) is 0 Å². The molecule has 0 fully saturated rings. The molecule has 0 bridgehead atoms. The van der Waals surface area contributed by atoms with E-state index in [1.54, 1.807) is 0 Å². The summed E-state index contributed by atoms with van der Waals surface area (Å²) in [6.07, 6.45) is -4.50. The first-order chi connectivity index (χ1) is 7.27. The van der Waals surface area contributed by atoms with E-state index < -0.39 is 17.7 Å². The summed E-state index contributed by atoms with van der Waals surface area (Å²) >= 11 is 2.82. The molecule has 0 saturated carbocycles. The van der Waals surface area contributed by atoms with Crippen LogP contribution < -0.4 is 0 Å². The molecule has 0 amide bonds. The van der Waals surface area contributed by atoms with Crippen molar-refractivity contribution in [1.29, 1.82) is 0 Å². The summed E-state index contributed by atoms with van der Waals surface area (Å²) < 4.78 is 41.9. The smallest absolute Gasteiger partial charge is 0.417 e. The minimum absolute atomic E-state index is 0.0852. The van der Waals surface area contributed by atoms with Gasteiger partial charge in [0.05, 0.1) is 18.2 Å². The van der Waals surface area contributed by atoms with Gasteiger partial charge >= 0.3 is 12.1 Å². The quantitative estimate of drug-likeness (QED) is 0.741. The molecule has 0 N–H and O–H groups in total. The zero-order chi connectivity index (χ0) is 12.5. The van der Waals surface area contributed by atoms with Gasteiger partial charge in [0, 0.05) is 4.47 Å². The van der Waals surface area contributed by atoms with Crippen LogP contribution in [-0.4, -0.2) is 13.1 Å². The Morgan fingerprint density at radius 3 is 2.38 bits per heavy atom. The Balaban J connectivity index is 3.39. The van der Waals surface area contributed by atoms with Gasteiger partial charge in [-0.3, -0.25) is 0 Å². The number of aryl methyl sites for hydroxylation is 1. The summed E-state index contributed by atoms with van der Waals surface area (Å²) in [7, 11) is 1.12. The molecule has 1 aromatic carbocycles. The van der Waals surface area contributed by atoms with Gasteiger partial charge in [-0.1, -0.05) is 15.9 Å². The van der Waals surface area contributed by atoms with E-state index in [2.05, 4.69) is 20.7 Å². The fourth-order valence-electron chi connectivity index (χ4n) is 1.22. The Labute approximate surface area is 98.5 Å². The van der Waals surface area contributed by atoms with Gasteiger partial charge in [-0.2, -0.15) is 13.2 Å². The number of ether oxygens (including phenoxy) is 1. The molecule has 1 rings (SSSR count). The van der Waals surface area contributed by atoms with Crippen LogP contribution in [-0.2, 0) is 10.9 Å². The maximum Gasteiger partial charge on any atom is 0.417 e. The van der Waals surface area contributed by atoms with E-state index in [4.69, 9.17) is 0 Å². The molecule has 2 nitrogen and oxygen atoms in total. The fraction of sp³-hybridized carbons (Fsp3) is 0.300. The Morgan fingerprint density at radius 2 is 1.94 bits per heavy atom. The zero-order valence-corrected chi connectivity index (χ0v) is 10.1. The van der Waals surface area contributed by atoms with Gasteiger partial charge in [-0.15, -0.1) is 0 Å². The molecule has 0 aliphatic carbocycles. The van der Waals surface area contributed by atoms with Gasteiger partial charge in [0.1, 0.15) is 0 Å². The number of halogens is 4. The van der Waals surface area contributed by atoms with Crippen molar-refractivity contribution in [3.63, 3.8) is 0 Å². The van der Waals surface area contributed by atoms with Crippen LogP contribution in [0.1, 0.15) is 21.5 Å². The molecular weight excluding hydrogens is 289 g/mol. The van der Waals surface area contributed by atoms with Crippen LogP contribution in [0.4, 0.5) is 13.2 Å². The van der Waals surface area contributed by atoms with Crippen molar-refractivity contribution in [2.45, 2.75) is 13.1 Å². The topological polar surface area (TPSA) is 26.3 Å². The first kappa shape index (κ1) is 13.0. The van der Waals surface area contributed by atoms with Crippen molar-refractivity contribution < 1.29 is 22.7 Å². The predicted molar refractivity (Wildman–Crippen MR) is 55.2 cm³/mol. The van der Waals surface area contributed by atoms with Crippen LogP contribution in [0, 0.1) is 6.92 Å². The van der Waals surface area contributed by atoms with Crippen LogP contribution in [0.15, 0.2) is 16.6 Å². The van der Waals surface area contributed by atoms with Gasteiger partial charge in [0.25, 0.3) is 0 Å². The number of carbonyl (C=O) groups is 1. The lowest BCUT2D eigenvalue weighted by atomic mass is 10.0. The molecule has 0 radical (unpaired) electrons. The van der Waals surface area contributed by atoms with Crippen molar-refractivity contribution in [2.75, 3.05) is 7.11 Å². The van der Waals surface area contributed by atoms with Crippen molar-refractivity contribution >= 4 is 21.9 Å². The number of methoxy groups -OCH3 is 1. The van der Waals surface area contributed by atoms with E-state index in [0.29, 0.717) is 5.56 Å². The SMILES string of the molecule is COC(=O)c1cc(C(F)(F)F)c(Br)cc1C. The van der Waals surface area contributed by atoms with Crippen molar-refractivity contribution in [3.05, 3.63) is 33.3 Å². The van der Waals surface area contributed by atoms with Gasteiger partial charge in [0.2, 0.25) is 0 Å². The summed E-state index contributed by atoms with van der Waals surface area (Å²) in [6, 6.07) is 2.03. The second kappa shape index (κ2) is 4.45. The summed E-state index contributed by atoms with van der Waals surface area (Å²) in [5.41, 5.74) is -0.553. The fourth-order valence-corrected chi connectivity index (χ4v) is 1.90. The highest BCUT2D eigenvalue weighted by atomic mass is 79.9. The number of rotatable bonds is 1. The number of benzene rings is 1. The van der Waals surface area contributed by atoms with Crippen molar-refractivity contribution in [3.8, 4) is 0 Å². The summed E-state index contributed by atoms with van der Waals surface area (Å²) in [4.78, 5) is 11.2. The summed E-state index contributed by atoms with van der Waals surface area (Å²) in [5, 5.41) is 0. The maximum absolute atomic E-state index is 12.5. The molecule has 0 saturated heterocycles. The molecule has 88 valence electrons.